The Morgan fingerprint density at radius 3 is 2.52 bits per heavy atom. The molecule has 0 fully saturated rings. The lowest BCUT2D eigenvalue weighted by Gasteiger charge is -2.07. The van der Waals surface area contributed by atoms with Crippen LogP contribution in [0.15, 0.2) is 65.7 Å². The number of aryl methyl sites for hydroxylation is 1. The van der Waals surface area contributed by atoms with Gasteiger partial charge in [-0.15, -0.1) is 0 Å². The number of para-hydroxylation sites is 1. The van der Waals surface area contributed by atoms with E-state index in [9.17, 15) is 0 Å². The molecule has 1 heteroatoms. The van der Waals surface area contributed by atoms with Gasteiger partial charge in [-0.2, -0.15) is 0 Å². The largest absolute Gasteiger partial charge is 0.257 e. The molecular formula is C24H23N. The Morgan fingerprint density at radius 1 is 0.960 bits per heavy atom. The Bertz CT molecular complexity index is 1020. The fraction of sp³-hybridized carbons (Fsp3) is 0.208. The van der Waals surface area contributed by atoms with Crippen LogP contribution < -0.4 is 0 Å². The zero-order chi connectivity index (χ0) is 17.4. The maximum absolute atomic E-state index is 5.07. The van der Waals surface area contributed by atoms with Crippen molar-refractivity contribution >= 4 is 27.7 Å². The van der Waals surface area contributed by atoms with Gasteiger partial charge in [0, 0.05) is 24.1 Å². The van der Waals surface area contributed by atoms with Crippen molar-refractivity contribution in [1.29, 1.82) is 0 Å². The zero-order valence-corrected chi connectivity index (χ0v) is 15.1. The summed E-state index contributed by atoms with van der Waals surface area (Å²) in [5.41, 5.74) is 9.19. The molecule has 0 saturated carbocycles. The monoisotopic (exact) mass is 325 g/mol. The van der Waals surface area contributed by atoms with Gasteiger partial charge in [0.25, 0.3) is 0 Å². The molecule has 0 N–H and O–H groups in total. The van der Waals surface area contributed by atoms with Gasteiger partial charge < -0.3 is 0 Å². The molecule has 1 aliphatic carbocycles. The number of nitrogens with zero attached hydrogens (tertiary/aromatic N) is 1. The number of hydrogen-bond donors (Lipinski definition) is 0. The van der Waals surface area contributed by atoms with Crippen LogP contribution in [0.1, 0.15) is 36.1 Å². The fourth-order valence-corrected chi connectivity index (χ4v) is 3.85. The summed E-state index contributed by atoms with van der Waals surface area (Å²) in [6.07, 6.45) is 4.08. The van der Waals surface area contributed by atoms with Crippen LogP contribution in [0.2, 0.25) is 0 Å². The highest BCUT2D eigenvalue weighted by molar-refractivity contribution is 6.01. The van der Waals surface area contributed by atoms with Gasteiger partial charge in [-0.25, -0.2) is 0 Å². The SMILES string of the molecule is CC=C(C)c1ccccc1N=C1Cc2c(C)cc3ccccc3c2C1. The van der Waals surface area contributed by atoms with Crippen LogP contribution in [0.25, 0.3) is 16.3 Å². The van der Waals surface area contributed by atoms with Crippen molar-refractivity contribution in [3.05, 3.63) is 82.9 Å². The van der Waals surface area contributed by atoms with Crippen LogP contribution in [-0.2, 0) is 12.8 Å². The van der Waals surface area contributed by atoms with Gasteiger partial charge in [0.1, 0.15) is 0 Å². The predicted molar refractivity (Wildman–Crippen MR) is 109 cm³/mol. The topological polar surface area (TPSA) is 12.4 Å². The normalized spacial score (nSPS) is 15.8. The number of allylic oxidation sites excluding steroid dienone is 2. The van der Waals surface area contributed by atoms with E-state index in [0.29, 0.717) is 0 Å². The van der Waals surface area contributed by atoms with E-state index in [1.807, 2.05) is 0 Å². The van der Waals surface area contributed by atoms with E-state index in [-0.39, 0.29) is 0 Å². The molecule has 0 amide bonds. The third kappa shape index (κ3) is 2.80. The number of hydrogen-bond acceptors (Lipinski definition) is 1. The summed E-state index contributed by atoms with van der Waals surface area (Å²) in [4.78, 5) is 5.07. The van der Waals surface area contributed by atoms with Crippen molar-refractivity contribution in [3.8, 4) is 0 Å². The van der Waals surface area contributed by atoms with Crippen molar-refractivity contribution in [3.63, 3.8) is 0 Å². The highest BCUT2D eigenvalue weighted by Gasteiger charge is 2.21. The van der Waals surface area contributed by atoms with Crippen molar-refractivity contribution < 1.29 is 0 Å². The third-order valence-electron chi connectivity index (χ3n) is 5.30. The van der Waals surface area contributed by atoms with Crippen molar-refractivity contribution in [2.45, 2.75) is 33.6 Å². The van der Waals surface area contributed by atoms with Gasteiger partial charge in [-0.1, -0.05) is 54.6 Å². The first kappa shape index (κ1) is 15.8. The number of fused-ring (bicyclic) bond motifs is 3. The minimum absolute atomic E-state index is 0.959. The van der Waals surface area contributed by atoms with E-state index in [1.54, 1.807) is 0 Å². The molecule has 0 aliphatic heterocycles. The lowest BCUT2D eigenvalue weighted by atomic mass is 9.97. The quantitative estimate of drug-likeness (QED) is 0.514. The molecule has 3 aromatic carbocycles. The first-order valence-electron chi connectivity index (χ1n) is 8.96. The molecule has 0 bridgehead atoms. The smallest absolute Gasteiger partial charge is 0.0704 e. The molecular weight excluding hydrogens is 302 g/mol. The second kappa shape index (κ2) is 6.33. The lowest BCUT2D eigenvalue weighted by molar-refractivity contribution is 1.29. The maximum atomic E-state index is 5.07. The summed E-state index contributed by atoms with van der Waals surface area (Å²) in [6.45, 7) is 6.46. The highest BCUT2D eigenvalue weighted by Crippen LogP contribution is 2.34. The van der Waals surface area contributed by atoms with Crippen LogP contribution >= 0.6 is 0 Å². The Morgan fingerprint density at radius 2 is 1.68 bits per heavy atom. The lowest BCUT2D eigenvalue weighted by Crippen LogP contribution is -1.96. The molecule has 0 aromatic heterocycles. The molecule has 1 aliphatic rings. The molecule has 0 spiro atoms. The fourth-order valence-electron chi connectivity index (χ4n) is 3.85. The van der Waals surface area contributed by atoms with Gasteiger partial charge in [-0.3, -0.25) is 4.99 Å². The summed E-state index contributed by atoms with van der Waals surface area (Å²) >= 11 is 0. The number of aliphatic imine (C=N–C) groups is 1. The summed E-state index contributed by atoms with van der Waals surface area (Å²) < 4.78 is 0. The van der Waals surface area contributed by atoms with E-state index in [0.717, 1.165) is 18.5 Å². The van der Waals surface area contributed by atoms with Crippen LogP contribution in [0, 0.1) is 6.92 Å². The average Bonchev–Trinajstić information content (AvgIpc) is 3.06. The molecule has 3 aromatic rings. The zero-order valence-electron chi connectivity index (χ0n) is 15.1. The summed E-state index contributed by atoms with van der Waals surface area (Å²) in [5.74, 6) is 0. The summed E-state index contributed by atoms with van der Waals surface area (Å²) in [7, 11) is 0. The second-order valence-corrected chi connectivity index (χ2v) is 6.89. The van der Waals surface area contributed by atoms with E-state index in [4.69, 9.17) is 4.99 Å². The summed E-state index contributed by atoms with van der Waals surface area (Å²) in [5, 5.41) is 2.72. The second-order valence-electron chi connectivity index (χ2n) is 6.89. The van der Waals surface area contributed by atoms with Crippen molar-refractivity contribution in [1.82, 2.24) is 0 Å². The summed E-state index contributed by atoms with van der Waals surface area (Å²) in [6, 6.07) is 19.5. The molecule has 4 rings (SSSR count). The van der Waals surface area contributed by atoms with Crippen molar-refractivity contribution in [2.75, 3.05) is 0 Å². The molecule has 0 heterocycles. The number of benzene rings is 3. The van der Waals surface area contributed by atoms with Gasteiger partial charge in [0.15, 0.2) is 0 Å². The molecule has 25 heavy (non-hydrogen) atoms. The standard InChI is InChI=1S/C24H23N/c1-4-16(2)20-10-7-8-12-24(20)25-19-14-22-17(3)13-18-9-5-6-11-21(18)23(22)15-19/h4-13H,14-15H2,1-3H3. The Hall–Kier alpha value is -2.67. The molecule has 124 valence electrons. The molecule has 0 atom stereocenters. The van der Waals surface area contributed by atoms with E-state index in [2.05, 4.69) is 81.4 Å². The molecule has 0 radical (unpaired) electrons. The minimum Gasteiger partial charge on any atom is -0.257 e. The maximum Gasteiger partial charge on any atom is 0.0704 e. The first-order valence-corrected chi connectivity index (χ1v) is 8.96. The highest BCUT2D eigenvalue weighted by atomic mass is 14.8. The Balaban J connectivity index is 1.79. The van der Waals surface area contributed by atoms with Gasteiger partial charge >= 0.3 is 0 Å². The third-order valence-corrected chi connectivity index (χ3v) is 5.30. The van der Waals surface area contributed by atoms with Gasteiger partial charge in [0.05, 0.1) is 5.69 Å². The molecule has 0 saturated heterocycles. The van der Waals surface area contributed by atoms with E-state index < -0.39 is 0 Å². The van der Waals surface area contributed by atoms with Gasteiger partial charge in [0.2, 0.25) is 0 Å². The average molecular weight is 325 g/mol. The van der Waals surface area contributed by atoms with Crippen LogP contribution in [0.4, 0.5) is 5.69 Å². The van der Waals surface area contributed by atoms with Gasteiger partial charge in [-0.05, 0) is 59.9 Å². The van der Waals surface area contributed by atoms with Crippen LogP contribution in [0.3, 0.4) is 0 Å². The first-order chi connectivity index (χ1) is 12.2. The predicted octanol–water partition coefficient (Wildman–Crippen LogP) is 6.44. The van der Waals surface area contributed by atoms with Crippen LogP contribution in [0.5, 0.6) is 0 Å². The van der Waals surface area contributed by atoms with E-state index >= 15 is 0 Å². The Labute approximate surface area is 149 Å². The molecule has 1 nitrogen and oxygen atoms in total. The molecule has 0 unspecified atom stereocenters. The van der Waals surface area contributed by atoms with Crippen molar-refractivity contribution in [2.24, 2.45) is 4.99 Å². The van der Waals surface area contributed by atoms with Crippen LogP contribution in [-0.4, -0.2) is 5.71 Å². The minimum atomic E-state index is 0.959. The number of rotatable bonds is 2. The Kier molecular flexibility index (Phi) is 4.01. The van der Waals surface area contributed by atoms with E-state index in [1.165, 1.54) is 44.3 Å².